The first-order valence-electron chi connectivity index (χ1n) is 9.22. The minimum absolute atomic E-state index is 0.0229. The number of esters is 1. The molecule has 30 heavy (non-hydrogen) atoms. The van der Waals surface area contributed by atoms with Crippen molar-refractivity contribution in [3.8, 4) is 0 Å². The van der Waals surface area contributed by atoms with E-state index in [9.17, 15) is 19.2 Å². The third-order valence-electron chi connectivity index (χ3n) is 4.63. The van der Waals surface area contributed by atoms with Crippen molar-refractivity contribution >= 4 is 45.3 Å². The van der Waals surface area contributed by atoms with Crippen LogP contribution in [0.2, 0.25) is 0 Å². The summed E-state index contributed by atoms with van der Waals surface area (Å²) in [6.07, 6.45) is 0.0229. The fraction of sp³-hybridized carbons (Fsp3) is 0.238. The lowest BCUT2D eigenvalue weighted by molar-refractivity contribution is -0.152. The van der Waals surface area contributed by atoms with Gasteiger partial charge in [0.1, 0.15) is 0 Å². The molecule has 156 valence electrons. The highest BCUT2D eigenvalue weighted by Gasteiger charge is 2.36. The molecule has 1 atom stereocenters. The van der Waals surface area contributed by atoms with Crippen LogP contribution in [0, 0.1) is 12.8 Å². The van der Waals surface area contributed by atoms with Crippen LogP contribution in [-0.2, 0) is 19.1 Å². The molecular formula is C21H20BrN3O5. The fourth-order valence-corrected chi connectivity index (χ4v) is 3.32. The standard InChI is InChI=1S/C21H20BrN3O5/c1-13-4-2-3-5-17(13)25-11-15(10-19(25)27)21(29)30-12-18(26)23-24-20(28)14-6-8-16(22)9-7-14/h2-9,15H,10-12H2,1H3,(H,23,26)(H,24,28)/t15-/m1/s1. The summed E-state index contributed by atoms with van der Waals surface area (Å²) in [7, 11) is 0. The van der Waals surface area contributed by atoms with Gasteiger partial charge in [-0.3, -0.25) is 30.0 Å². The van der Waals surface area contributed by atoms with Gasteiger partial charge >= 0.3 is 5.97 Å². The van der Waals surface area contributed by atoms with Crippen LogP contribution in [0.3, 0.4) is 0 Å². The molecule has 9 heteroatoms. The molecule has 3 rings (SSSR count). The minimum Gasteiger partial charge on any atom is -0.455 e. The largest absolute Gasteiger partial charge is 0.455 e. The summed E-state index contributed by atoms with van der Waals surface area (Å²) >= 11 is 3.27. The van der Waals surface area contributed by atoms with Gasteiger partial charge in [-0.05, 0) is 42.8 Å². The number of rotatable bonds is 5. The van der Waals surface area contributed by atoms with Crippen molar-refractivity contribution < 1.29 is 23.9 Å². The second-order valence-electron chi connectivity index (χ2n) is 6.81. The van der Waals surface area contributed by atoms with Crippen molar-refractivity contribution in [3.63, 3.8) is 0 Å². The van der Waals surface area contributed by atoms with Gasteiger partial charge in [0.05, 0.1) is 5.92 Å². The molecule has 1 saturated heterocycles. The SMILES string of the molecule is Cc1ccccc1N1C[C@H](C(=O)OCC(=O)NNC(=O)c2ccc(Br)cc2)CC1=O. The Morgan fingerprint density at radius 3 is 2.50 bits per heavy atom. The molecule has 2 aromatic rings. The van der Waals surface area contributed by atoms with Crippen LogP contribution in [0.4, 0.5) is 5.69 Å². The van der Waals surface area contributed by atoms with Crippen molar-refractivity contribution in [1.29, 1.82) is 0 Å². The predicted octanol–water partition coefficient (Wildman–Crippen LogP) is 2.11. The highest BCUT2D eigenvalue weighted by molar-refractivity contribution is 9.10. The van der Waals surface area contributed by atoms with Gasteiger partial charge in [0, 0.05) is 28.7 Å². The summed E-state index contributed by atoms with van der Waals surface area (Å²) in [6.45, 7) is 1.53. The molecule has 0 aromatic heterocycles. The van der Waals surface area contributed by atoms with E-state index in [0.717, 1.165) is 15.7 Å². The van der Waals surface area contributed by atoms with Crippen LogP contribution in [-0.4, -0.2) is 36.8 Å². The molecule has 0 bridgehead atoms. The number of carbonyl (C=O) groups is 4. The summed E-state index contributed by atoms with van der Waals surface area (Å²) in [5.74, 6) is -2.64. The minimum atomic E-state index is -0.686. The van der Waals surface area contributed by atoms with E-state index < -0.39 is 30.3 Å². The topological polar surface area (TPSA) is 105 Å². The number of hydrazine groups is 1. The van der Waals surface area contributed by atoms with E-state index in [1.807, 2.05) is 31.2 Å². The lowest BCUT2D eigenvalue weighted by Crippen LogP contribution is -2.43. The van der Waals surface area contributed by atoms with Crippen LogP contribution < -0.4 is 15.8 Å². The zero-order chi connectivity index (χ0) is 21.7. The van der Waals surface area contributed by atoms with Crippen molar-refractivity contribution in [2.45, 2.75) is 13.3 Å². The molecule has 1 fully saturated rings. The number of anilines is 1. The average Bonchev–Trinajstić information content (AvgIpc) is 3.12. The van der Waals surface area contributed by atoms with E-state index in [4.69, 9.17) is 4.74 Å². The number of hydrogen-bond donors (Lipinski definition) is 2. The van der Waals surface area contributed by atoms with Gasteiger partial charge in [0.2, 0.25) is 5.91 Å². The van der Waals surface area contributed by atoms with Gasteiger partial charge in [0.25, 0.3) is 11.8 Å². The first-order valence-corrected chi connectivity index (χ1v) is 10.0. The maximum absolute atomic E-state index is 12.3. The van der Waals surface area contributed by atoms with E-state index >= 15 is 0 Å². The maximum atomic E-state index is 12.3. The maximum Gasteiger partial charge on any atom is 0.311 e. The van der Waals surface area contributed by atoms with E-state index in [-0.39, 0.29) is 18.9 Å². The molecule has 1 heterocycles. The highest BCUT2D eigenvalue weighted by atomic mass is 79.9. The normalized spacial score (nSPS) is 15.6. The predicted molar refractivity (Wildman–Crippen MR) is 112 cm³/mol. The lowest BCUT2D eigenvalue weighted by atomic mass is 10.1. The number of benzene rings is 2. The first-order chi connectivity index (χ1) is 14.3. The van der Waals surface area contributed by atoms with Crippen molar-refractivity contribution in [3.05, 3.63) is 64.1 Å². The molecule has 8 nitrogen and oxygen atoms in total. The Balaban J connectivity index is 1.45. The van der Waals surface area contributed by atoms with Gasteiger partial charge in [-0.2, -0.15) is 0 Å². The Morgan fingerprint density at radius 2 is 1.80 bits per heavy atom. The summed E-state index contributed by atoms with van der Waals surface area (Å²) < 4.78 is 5.84. The van der Waals surface area contributed by atoms with Gasteiger partial charge in [0.15, 0.2) is 6.61 Å². The zero-order valence-corrected chi connectivity index (χ0v) is 17.8. The quantitative estimate of drug-likeness (QED) is 0.511. The number of nitrogens with zero attached hydrogens (tertiary/aromatic N) is 1. The van der Waals surface area contributed by atoms with Gasteiger partial charge in [-0.1, -0.05) is 34.1 Å². The number of hydrogen-bond acceptors (Lipinski definition) is 5. The van der Waals surface area contributed by atoms with Gasteiger partial charge < -0.3 is 9.64 Å². The van der Waals surface area contributed by atoms with Gasteiger partial charge in [-0.25, -0.2) is 0 Å². The Labute approximate surface area is 181 Å². The van der Waals surface area contributed by atoms with Crippen molar-refractivity contribution in [2.75, 3.05) is 18.1 Å². The van der Waals surface area contributed by atoms with Crippen LogP contribution in [0.25, 0.3) is 0 Å². The fourth-order valence-electron chi connectivity index (χ4n) is 3.06. The first kappa shape index (κ1) is 21.5. The molecule has 3 amide bonds. The second kappa shape index (κ2) is 9.53. The van der Waals surface area contributed by atoms with Crippen LogP contribution in [0.1, 0.15) is 22.3 Å². The summed E-state index contributed by atoms with van der Waals surface area (Å²) in [6, 6.07) is 14.0. The zero-order valence-electron chi connectivity index (χ0n) is 16.2. The monoisotopic (exact) mass is 473 g/mol. The number of nitrogens with one attached hydrogen (secondary N) is 2. The molecule has 0 radical (unpaired) electrons. The molecular weight excluding hydrogens is 454 g/mol. The average molecular weight is 474 g/mol. The molecule has 1 aliphatic rings. The van der Waals surface area contributed by atoms with E-state index in [1.165, 1.54) is 0 Å². The van der Waals surface area contributed by atoms with E-state index in [1.54, 1.807) is 29.2 Å². The summed E-state index contributed by atoms with van der Waals surface area (Å²) in [5, 5.41) is 0. The molecule has 2 aromatic carbocycles. The second-order valence-corrected chi connectivity index (χ2v) is 7.72. The van der Waals surface area contributed by atoms with Crippen molar-refractivity contribution in [2.24, 2.45) is 5.92 Å². The van der Waals surface area contributed by atoms with Crippen LogP contribution in [0.15, 0.2) is 53.0 Å². The Bertz CT molecular complexity index is 977. The number of para-hydroxylation sites is 1. The number of aryl methyl sites for hydroxylation is 1. The third-order valence-corrected chi connectivity index (χ3v) is 5.16. The molecule has 1 aliphatic heterocycles. The Morgan fingerprint density at radius 1 is 1.10 bits per heavy atom. The molecule has 0 unspecified atom stereocenters. The van der Waals surface area contributed by atoms with Gasteiger partial charge in [-0.15, -0.1) is 0 Å². The molecule has 0 saturated carbocycles. The van der Waals surface area contributed by atoms with Crippen LogP contribution in [0.5, 0.6) is 0 Å². The Kier molecular flexibility index (Phi) is 6.83. The summed E-state index contributed by atoms with van der Waals surface area (Å²) in [5.41, 5.74) is 6.48. The number of amides is 3. The van der Waals surface area contributed by atoms with Crippen LogP contribution >= 0.6 is 15.9 Å². The molecule has 0 aliphatic carbocycles. The van der Waals surface area contributed by atoms with E-state index in [0.29, 0.717) is 5.56 Å². The number of halogens is 1. The van der Waals surface area contributed by atoms with E-state index in [2.05, 4.69) is 26.8 Å². The Hall–Kier alpha value is -3.20. The number of carbonyl (C=O) groups excluding carboxylic acids is 4. The summed E-state index contributed by atoms with van der Waals surface area (Å²) in [4.78, 5) is 49.9. The smallest absolute Gasteiger partial charge is 0.311 e. The molecule has 2 N–H and O–H groups in total. The number of ether oxygens (including phenoxy) is 1. The third kappa shape index (κ3) is 5.24. The molecule has 0 spiro atoms. The van der Waals surface area contributed by atoms with Crippen molar-refractivity contribution in [1.82, 2.24) is 10.9 Å². The highest BCUT2D eigenvalue weighted by Crippen LogP contribution is 2.28. The lowest BCUT2D eigenvalue weighted by Gasteiger charge is -2.18.